The summed E-state index contributed by atoms with van der Waals surface area (Å²) in [5.41, 5.74) is 0.792. The first kappa shape index (κ1) is 15.0. The Balaban J connectivity index is 1.90. The lowest BCUT2D eigenvalue weighted by atomic mass is 9.87. The number of halogens is 1. The maximum atomic E-state index is 12.2. The zero-order valence-electron chi connectivity index (χ0n) is 12.5. The maximum Gasteiger partial charge on any atom is 0.487 e. The van der Waals surface area contributed by atoms with Crippen LogP contribution in [0.15, 0.2) is 11.5 Å². The zero-order chi connectivity index (χ0) is 14.1. The first-order chi connectivity index (χ1) is 8.84. The van der Waals surface area contributed by atoms with Crippen LogP contribution in [0.1, 0.15) is 40.5 Å². The van der Waals surface area contributed by atoms with E-state index in [1.165, 1.54) is 5.57 Å². The van der Waals surface area contributed by atoms with E-state index in [-0.39, 0.29) is 25.0 Å². The molecule has 0 unspecified atom stereocenters. The van der Waals surface area contributed by atoms with Crippen molar-refractivity contribution in [1.82, 2.24) is 4.90 Å². The van der Waals surface area contributed by atoms with Gasteiger partial charge in [0.1, 0.15) is 0 Å². The van der Waals surface area contributed by atoms with E-state index in [0.29, 0.717) is 6.42 Å². The smallest absolute Gasteiger partial charge is 0.400 e. The maximum absolute atomic E-state index is 12.2. The lowest BCUT2D eigenvalue weighted by Crippen LogP contribution is -2.41. The molecule has 0 saturated carbocycles. The summed E-state index contributed by atoms with van der Waals surface area (Å²) < 4.78 is 24.1. The highest BCUT2D eigenvalue weighted by molar-refractivity contribution is 6.51. The molecule has 0 radical (unpaired) electrons. The third-order valence-electron chi connectivity index (χ3n) is 4.43. The summed E-state index contributed by atoms with van der Waals surface area (Å²) in [6, 6.07) is 0. The molecule has 3 nitrogen and oxygen atoms in total. The molecule has 2 fully saturated rings. The van der Waals surface area contributed by atoms with Crippen molar-refractivity contribution >= 4 is 7.12 Å². The van der Waals surface area contributed by atoms with Gasteiger partial charge < -0.3 is 9.31 Å². The Hall–Kier alpha value is -0.385. The second-order valence-electron chi connectivity index (χ2n) is 6.52. The highest BCUT2D eigenvalue weighted by Crippen LogP contribution is 2.37. The van der Waals surface area contributed by atoms with Crippen LogP contribution < -0.4 is 0 Å². The molecule has 0 aromatic heterocycles. The van der Waals surface area contributed by atoms with Gasteiger partial charge in [0.25, 0.3) is 0 Å². The topological polar surface area (TPSA) is 21.7 Å². The van der Waals surface area contributed by atoms with Gasteiger partial charge in [0.05, 0.1) is 17.9 Å². The first-order valence-electron chi connectivity index (χ1n) is 7.17. The third-order valence-corrected chi connectivity index (χ3v) is 4.43. The van der Waals surface area contributed by atoms with Gasteiger partial charge in [-0.1, -0.05) is 11.5 Å². The van der Waals surface area contributed by atoms with Crippen molar-refractivity contribution in [1.29, 1.82) is 0 Å². The van der Waals surface area contributed by atoms with Crippen LogP contribution in [0.5, 0.6) is 0 Å². The third kappa shape index (κ3) is 3.39. The molecule has 0 amide bonds. The molecule has 0 bridgehead atoms. The normalized spacial score (nSPS) is 28.5. The fourth-order valence-corrected chi connectivity index (χ4v) is 2.51. The van der Waals surface area contributed by atoms with Crippen molar-refractivity contribution in [2.75, 3.05) is 26.3 Å². The number of rotatable bonds is 4. The van der Waals surface area contributed by atoms with Crippen LogP contribution in [0.25, 0.3) is 0 Å². The molecular weight excluding hydrogens is 244 g/mol. The molecule has 0 aliphatic carbocycles. The Kier molecular flexibility index (Phi) is 4.38. The van der Waals surface area contributed by atoms with Crippen LogP contribution in [-0.2, 0) is 9.31 Å². The van der Waals surface area contributed by atoms with Crippen molar-refractivity contribution in [2.24, 2.45) is 0 Å². The fraction of sp³-hybridized carbons (Fsp3) is 0.857. The van der Waals surface area contributed by atoms with Gasteiger partial charge in [0, 0.05) is 19.6 Å². The van der Waals surface area contributed by atoms with Gasteiger partial charge in [0.15, 0.2) is 0 Å². The van der Waals surface area contributed by atoms with E-state index in [9.17, 15) is 4.39 Å². The Morgan fingerprint density at radius 2 is 1.89 bits per heavy atom. The summed E-state index contributed by atoms with van der Waals surface area (Å²) in [5.74, 6) is 2.10. The summed E-state index contributed by atoms with van der Waals surface area (Å²) >= 11 is 0. The first-order valence-corrected chi connectivity index (χ1v) is 7.17. The average Bonchev–Trinajstić information content (AvgIpc) is 2.79. The lowest BCUT2D eigenvalue weighted by Gasteiger charge is -2.32. The van der Waals surface area contributed by atoms with Crippen molar-refractivity contribution in [2.45, 2.75) is 51.7 Å². The van der Waals surface area contributed by atoms with Gasteiger partial charge in [-0.3, -0.25) is 9.29 Å². The van der Waals surface area contributed by atoms with Gasteiger partial charge in [-0.25, -0.2) is 0 Å². The molecule has 0 atom stereocenters. The molecule has 2 aliphatic heterocycles. The monoisotopic (exact) mass is 269 g/mol. The van der Waals surface area contributed by atoms with Crippen LogP contribution in [-0.4, -0.2) is 49.5 Å². The number of hydrogen-bond acceptors (Lipinski definition) is 3. The molecule has 108 valence electrons. The van der Waals surface area contributed by atoms with Crippen LogP contribution >= 0.6 is 0 Å². The number of alkyl halides is 1. The summed E-state index contributed by atoms with van der Waals surface area (Å²) in [7, 11) is -0.249. The zero-order valence-corrected chi connectivity index (χ0v) is 12.5. The summed E-state index contributed by atoms with van der Waals surface area (Å²) in [4.78, 5) is 2.29. The van der Waals surface area contributed by atoms with E-state index in [2.05, 4.69) is 38.6 Å². The second-order valence-corrected chi connectivity index (χ2v) is 6.52. The molecule has 0 spiro atoms. The molecule has 0 aromatic carbocycles. The van der Waals surface area contributed by atoms with Crippen LogP contribution in [0, 0.1) is 0 Å². The predicted octanol–water partition coefficient (Wildman–Crippen LogP) is 2.61. The summed E-state index contributed by atoms with van der Waals surface area (Å²) in [6.45, 7) is 10.8. The predicted molar refractivity (Wildman–Crippen MR) is 75.8 cm³/mol. The van der Waals surface area contributed by atoms with E-state index in [1.807, 2.05) is 0 Å². The highest BCUT2D eigenvalue weighted by atomic mass is 19.1. The number of nitrogens with zero attached hydrogens (tertiary/aromatic N) is 1. The Morgan fingerprint density at radius 3 is 2.47 bits per heavy atom. The van der Waals surface area contributed by atoms with Gasteiger partial charge in [-0.2, -0.15) is 0 Å². The molecule has 2 heterocycles. The largest absolute Gasteiger partial charge is 0.487 e. The quantitative estimate of drug-likeness (QED) is 0.732. The number of hydrogen-bond donors (Lipinski definition) is 0. The van der Waals surface area contributed by atoms with Crippen LogP contribution in [0.3, 0.4) is 0 Å². The van der Waals surface area contributed by atoms with Gasteiger partial charge in [-0.15, -0.1) is 0 Å². The van der Waals surface area contributed by atoms with E-state index in [0.717, 1.165) is 26.1 Å². The SMILES string of the molecule is CC1(C)OB(C=C2CCN(CCCF)C2)OC1(C)C. The van der Waals surface area contributed by atoms with Gasteiger partial charge >= 0.3 is 7.12 Å². The second kappa shape index (κ2) is 5.54. The Labute approximate surface area is 116 Å². The molecule has 0 aromatic rings. The summed E-state index contributed by atoms with van der Waals surface area (Å²) in [5, 5.41) is 0. The van der Waals surface area contributed by atoms with E-state index in [1.54, 1.807) is 0 Å². The standard InChI is InChI=1S/C14H25BFNO2/c1-13(2)14(3,4)19-15(18-13)10-12-6-9-17(11-12)8-5-7-16/h10H,5-9,11H2,1-4H3. The van der Waals surface area contributed by atoms with Crippen molar-refractivity contribution < 1.29 is 13.7 Å². The molecule has 2 saturated heterocycles. The van der Waals surface area contributed by atoms with Crippen LogP contribution in [0.4, 0.5) is 4.39 Å². The fourth-order valence-electron chi connectivity index (χ4n) is 2.51. The minimum atomic E-state index is -0.277. The molecule has 19 heavy (non-hydrogen) atoms. The van der Waals surface area contributed by atoms with Crippen LogP contribution in [0.2, 0.25) is 0 Å². The Morgan fingerprint density at radius 1 is 1.26 bits per heavy atom. The van der Waals surface area contributed by atoms with Crippen molar-refractivity contribution in [3.63, 3.8) is 0 Å². The lowest BCUT2D eigenvalue weighted by molar-refractivity contribution is 0.00578. The molecule has 2 rings (SSSR count). The highest BCUT2D eigenvalue weighted by Gasteiger charge is 2.50. The molecule has 5 heteroatoms. The van der Waals surface area contributed by atoms with Gasteiger partial charge in [-0.05, 0) is 40.5 Å². The molecule has 0 N–H and O–H groups in total. The van der Waals surface area contributed by atoms with E-state index < -0.39 is 0 Å². The molecular formula is C14H25BFNO2. The minimum Gasteiger partial charge on any atom is -0.400 e. The average molecular weight is 269 g/mol. The van der Waals surface area contributed by atoms with Crippen molar-refractivity contribution in [3.8, 4) is 0 Å². The van der Waals surface area contributed by atoms with E-state index >= 15 is 0 Å². The minimum absolute atomic E-state index is 0.229. The summed E-state index contributed by atoms with van der Waals surface area (Å²) in [6.07, 6.45) is 1.67. The van der Waals surface area contributed by atoms with Crippen molar-refractivity contribution in [3.05, 3.63) is 11.5 Å². The Bertz CT molecular complexity index is 341. The van der Waals surface area contributed by atoms with E-state index in [4.69, 9.17) is 9.31 Å². The number of likely N-dealkylation sites (tertiary alicyclic amines) is 1. The molecule has 2 aliphatic rings. The van der Waals surface area contributed by atoms with Gasteiger partial charge in [0.2, 0.25) is 0 Å².